The van der Waals surface area contributed by atoms with Crippen molar-refractivity contribution in [3.8, 4) is 0 Å². The van der Waals surface area contributed by atoms with Gasteiger partial charge >= 0.3 is 5.63 Å². The minimum Gasteiger partial charge on any atom is -0.423 e. The zero-order valence-electron chi connectivity index (χ0n) is 16.3. The molecule has 0 saturated carbocycles. The first-order chi connectivity index (χ1) is 13.5. The van der Waals surface area contributed by atoms with Crippen molar-refractivity contribution in [1.82, 2.24) is 9.47 Å². The molecule has 0 spiro atoms. The van der Waals surface area contributed by atoms with E-state index in [1.165, 1.54) is 0 Å². The maximum Gasteiger partial charge on any atom is 0.336 e. The SMILES string of the molecule is Cc1cc(C)c2c(CN3C[C@@H]4C[C@H](C3)c3cccc(=O)n3C4)cc(=O)oc2c1. The molecule has 3 aromatic rings. The molecule has 144 valence electrons. The van der Waals surface area contributed by atoms with Crippen LogP contribution in [-0.4, -0.2) is 22.6 Å². The Labute approximate surface area is 163 Å². The number of likely N-dealkylation sites (tertiary alicyclic amines) is 1. The predicted octanol–water partition coefficient (Wildman–Crippen LogP) is 3.19. The average molecular weight is 376 g/mol. The van der Waals surface area contributed by atoms with Crippen molar-refractivity contribution in [1.29, 1.82) is 0 Å². The highest BCUT2D eigenvalue weighted by molar-refractivity contribution is 5.84. The molecule has 28 heavy (non-hydrogen) atoms. The largest absolute Gasteiger partial charge is 0.423 e. The third-order valence-electron chi connectivity index (χ3n) is 6.22. The first-order valence-corrected chi connectivity index (χ1v) is 9.94. The van der Waals surface area contributed by atoms with Gasteiger partial charge in [-0.15, -0.1) is 0 Å². The molecule has 0 amide bonds. The quantitative estimate of drug-likeness (QED) is 0.645. The van der Waals surface area contributed by atoms with Crippen LogP contribution >= 0.6 is 0 Å². The van der Waals surface area contributed by atoms with Crippen LogP contribution in [0.5, 0.6) is 0 Å². The Bertz CT molecular complexity index is 1190. The second-order valence-corrected chi connectivity index (χ2v) is 8.44. The molecule has 0 aliphatic carbocycles. The van der Waals surface area contributed by atoms with Crippen LogP contribution in [0.1, 0.15) is 34.7 Å². The molecule has 2 aromatic heterocycles. The fourth-order valence-corrected chi connectivity index (χ4v) is 5.26. The fraction of sp³-hybridized carbons (Fsp3) is 0.391. The molecular formula is C23H24N2O3. The van der Waals surface area contributed by atoms with Crippen LogP contribution in [0.25, 0.3) is 11.0 Å². The number of aromatic nitrogens is 1. The van der Waals surface area contributed by atoms with Gasteiger partial charge in [0, 0.05) is 55.3 Å². The second-order valence-electron chi connectivity index (χ2n) is 8.44. The lowest BCUT2D eigenvalue weighted by Gasteiger charge is -2.42. The number of piperidine rings is 1. The summed E-state index contributed by atoms with van der Waals surface area (Å²) in [6.07, 6.45) is 1.13. The van der Waals surface area contributed by atoms with Crippen molar-refractivity contribution >= 4 is 11.0 Å². The fourth-order valence-electron chi connectivity index (χ4n) is 5.26. The third-order valence-corrected chi connectivity index (χ3v) is 6.22. The Balaban J connectivity index is 1.50. The summed E-state index contributed by atoms with van der Waals surface area (Å²) in [5, 5.41) is 1.05. The van der Waals surface area contributed by atoms with Gasteiger partial charge in [0.05, 0.1) is 0 Å². The molecule has 1 fully saturated rings. The minimum absolute atomic E-state index is 0.110. The van der Waals surface area contributed by atoms with E-state index in [-0.39, 0.29) is 11.2 Å². The van der Waals surface area contributed by atoms with Gasteiger partial charge in [-0.25, -0.2) is 4.79 Å². The molecule has 2 aliphatic heterocycles. The first kappa shape index (κ1) is 17.4. The van der Waals surface area contributed by atoms with E-state index in [0.29, 0.717) is 17.4 Å². The lowest BCUT2D eigenvalue weighted by atomic mass is 9.83. The maximum atomic E-state index is 12.2. The molecule has 2 atom stereocenters. The molecule has 2 bridgehead atoms. The Morgan fingerprint density at radius 3 is 2.79 bits per heavy atom. The van der Waals surface area contributed by atoms with Crippen molar-refractivity contribution in [2.24, 2.45) is 5.92 Å². The Kier molecular flexibility index (Phi) is 4.02. The van der Waals surface area contributed by atoms with Crippen LogP contribution in [0.3, 0.4) is 0 Å². The molecule has 5 nitrogen and oxygen atoms in total. The zero-order valence-corrected chi connectivity index (χ0v) is 16.3. The molecule has 1 saturated heterocycles. The van der Waals surface area contributed by atoms with Crippen LogP contribution in [0.2, 0.25) is 0 Å². The van der Waals surface area contributed by atoms with Gasteiger partial charge in [0.1, 0.15) is 5.58 Å². The van der Waals surface area contributed by atoms with E-state index in [9.17, 15) is 9.59 Å². The van der Waals surface area contributed by atoms with Gasteiger partial charge in [-0.2, -0.15) is 0 Å². The van der Waals surface area contributed by atoms with Crippen LogP contribution < -0.4 is 11.2 Å². The van der Waals surface area contributed by atoms with Gasteiger partial charge in [-0.3, -0.25) is 9.69 Å². The van der Waals surface area contributed by atoms with E-state index in [1.54, 1.807) is 12.1 Å². The lowest BCUT2D eigenvalue weighted by Crippen LogP contribution is -2.46. The standard InChI is InChI=1S/C23H24N2O3/c1-14-6-15(2)23-18(9-22(27)28-20(23)7-14)13-24-10-16-8-17(12-24)19-4-3-5-21(26)25(19)11-16/h3-7,9,16-17H,8,10-13H2,1-2H3/t16-,17+/m0/s1. The summed E-state index contributed by atoms with van der Waals surface area (Å²) < 4.78 is 7.43. The van der Waals surface area contributed by atoms with Crippen LogP contribution in [-0.2, 0) is 13.1 Å². The number of nitrogens with zero attached hydrogens (tertiary/aromatic N) is 2. The number of aryl methyl sites for hydroxylation is 2. The lowest BCUT2D eigenvalue weighted by molar-refractivity contribution is 0.114. The molecular weight excluding hydrogens is 352 g/mol. The average Bonchev–Trinajstić information content (AvgIpc) is 2.61. The summed E-state index contributed by atoms with van der Waals surface area (Å²) in [6.45, 7) is 7.47. The number of benzene rings is 1. The van der Waals surface area contributed by atoms with Gasteiger partial charge in [0.25, 0.3) is 5.56 Å². The summed E-state index contributed by atoms with van der Waals surface area (Å²) in [4.78, 5) is 26.8. The smallest absolute Gasteiger partial charge is 0.336 e. The van der Waals surface area contributed by atoms with Gasteiger partial charge in [-0.1, -0.05) is 12.1 Å². The highest BCUT2D eigenvalue weighted by Gasteiger charge is 2.34. The minimum atomic E-state index is -0.290. The molecule has 5 rings (SSSR count). The summed E-state index contributed by atoms with van der Waals surface area (Å²) in [6, 6.07) is 11.3. The number of pyridine rings is 1. The Morgan fingerprint density at radius 1 is 1.07 bits per heavy atom. The summed E-state index contributed by atoms with van der Waals surface area (Å²) in [5.74, 6) is 0.845. The van der Waals surface area contributed by atoms with Crippen molar-refractivity contribution in [2.45, 2.75) is 39.3 Å². The van der Waals surface area contributed by atoms with Crippen molar-refractivity contribution < 1.29 is 4.42 Å². The van der Waals surface area contributed by atoms with E-state index in [0.717, 1.165) is 60.4 Å². The first-order valence-electron chi connectivity index (χ1n) is 9.94. The Morgan fingerprint density at radius 2 is 1.93 bits per heavy atom. The van der Waals surface area contributed by atoms with Crippen LogP contribution in [0.15, 0.2) is 50.4 Å². The molecule has 0 N–H and O–H groups in total. The number of hydrogen-bond acceptors (Lipinski definition) is 4. The van der Waals surface area contributed by atoms with Crippen LogP contribution in [0.4, 0.5) is 0 Å². The van der Waals surface area contributed by atoms with Gasteiger partial charge in [-0.05, 0) is 55.0 Å². The zero-order chi connectivity index (χ0) is 19.4. The highest BCUT2D eigenvalue weighted by atomic mass is 16.4. The third kappa shape index (κ3) is 2.90. The maximum absolute atomic E-state index is 12.2. The monoisotopic (exact) mass is 376 g/mol. The summed E-state index contributed by atoms with van der Waals surface area (Å²) >= 11 is 0. The van der Waals surface area contributed by atoms with Gasteiger partial charge in [0.2, 0.25) is 0 Å². The summed E-state index contributed by atoms with van der Waals surface area (Å²) in [7, 11) is 0. The number of rotatable bonds is 2. The second kappa shape index (κ2) is 6.45. The molecule has 1 aromatic carbocycles. The van der Waals surface area contributed by atoms with Crippen molar-refractivity contribution in [3.05, 3.63) is 79.6 Å². The van der Waals surface area contributed by atoms with E-state index in [2.05, 4.69) is 24.0 Å². The van der Waals surface area contributed by atoms with E-state index in [1.807, 2.05) is 23.6 Å². The predicted molar refractivity (Wildman–Crippen MR) is 109 cm³/mol. The van der Waals surface area contributed by atoms with Crippen molar-refractivity contribution in [3.63, 3.8) is 0 Å². The van der Waals surface area contributed by atoms with E-state index < -0.39 is 0 Å². The van der Waals surface area contributed by atoms with E-state index >= 15 is 0 Å². The highest BCUT2D eigenvalue weighted by Crippen LogP contribution is 2.36. The molecule has 4 heterocycles. The molecule has 0 radical (unpaired) electrons. The topological polar surface area (TPSA) is 55.5 Å². The van der Waals surface area contributed by atoms with Crippen molar-refractivity contribution in [2.75, 3.05) is 13.1 Å². The van der Waals surface area contributed by atoms with Gasteiger partial charge < -0.3 is 8.98 Å². The number of fused-ring (bicyclic) bond motifs is 5. The molecule has 5 heteroatoms. The summed E-state index contributed by atoms with van der Waals surface area (Å²) in [5.41, 5.74) is 4.92. The molecule has 0 unspecified atom stereocenters. The molecule has 2 aliphatic rings. The normalized spacial score (nSPS) is 21.6. The van der Waals surface area contributed by atoms with Crippen LogP contribution in [0, 0.1) is 19.8 Å². The Hall–Kier alpha value is -2.66. The van der Waals surface area contributed by atoms with Gasteiger partial charge in [0.15, 0.2) is 0 Å². The van der Waals surface area contributed by atoms with E-state index in [4.69, 9.17) is 4.42 Å². The number of hydrogen-bond donors (Lipinski definition) is 0.